The van der Waals surface area contributed by atoms with Crippen molar-refractivity contribution in [3.05, 3.63) is 29.8 Å². The van der Waals surface area contributed by atoms with Gasteiger partial charge in [0.25, 0.3) is 0 Å². The summed E-state index contributed by atoms with van der Waals surface area (Å²) in [4.78, 5) is 15.2. The van der Waals surface area contributed by atoms with Crippen molar-refractivity contribution in [1.82, 2.24) is 10.2 Å². The van der Waals surface area contributed by atoms with Gasteiger partial charge >= 0.3 is 0 Å². The summed E-state index contributed by atoms with van der Waals surface area (Å²) >= 11 is 0. The van der Waals surface area contributed by atoms with E-state index in [1.54, 1.807) is 7.11 Å². The number of carbonyl (C=O) groups is 1. The largest absolute Gasteiger partial charge is 0.497 e. The number of nitrogens with zero attached hydrogens (tertiary/aromatic N) is 1. The van der Waals surface area contributed by atoms with Crippen LogP contribution in [0, 0.1) is 5.41 Å². The van der Waals surface area contributed by atoms with Gasteiger partial charge in [-0.3, -0.25) is 9.69 Å². The van der Waals surface area contributed by atoms with E-state index in [-0.39, 0.29) is 17.4 Å². The van der Waals surface area contributed by atoms with Crippen molar-refractivity contribution in [2.24, 2.45) is 5.41 Å². The van der Waals surface area contributed by atoms with Gasteiger partial charge in [0.2, 0.25) is 5.91 Å². The van der Waals surface area contributed by atoms with Crippen LogP contribution in [0.15, 0.2) is 24.3 Å². The highest BCUT2D eigenvalue weighted by molar-refractivity contribution is 5.82. The van der Waals surface area contributed by atoms with E-state index in [9.17, 15) is 4.79 Å². The number of likely N-dealkylation sites (tertiary alicyclic amines) is 1. The second-order valence-electron chi connectivity index (χ2n) is 7.51. The summed E-state index contributed by atoms with van der Waals surface area (Å²) in [6.45, 7) is 5.01. The summed E-state index contributed by atoms with van der Waals surface area (Å²) in [7, 11) is 1.70. The summed E-state index contributed by atoms with van der Waals surface area (Å²) in [6, 6.07) is 8.50. The summed E-state index contributed by atoms with van der Waals surface area (Å²) in [5.41, 5.74) is 1.07. The van der Waals surface area contributed by atoms with Crippen LogP contribution in [-0.4, -0.2) is 37.6 Å². The van der Waals surface area contributed by atoms with E-state index in [0.717, 1.165) is 31.7 Å². The fourth-order valence-corrected chi connectivity index (χ4v) is 4.14. The number of carbonyl (C=O) groups excluding carboxylic acids is 1. The maximum absolute atomic E-state index is 12.7. The molecule has 0 spiro atoms. The third kappa shape index (κ3) is 3.75. The van der Waals surface area contributed by atoms with Crippen LogP contribution >= 0.6 is 0 Å². The Morgan fingerprint density at radius 3 is 2.62 bits per heavy atom. The van der Waals surface area contributed by atoms with E-state index in [2.05, 4.69) is 29.3 Å². The van der Waals surface area contributed by atoms with Gasteiger partial charge in [-0.15, -0.1) is 0 Å². The smallest absolute Gasteiger partial charge is 0.226 e. The van der Waals surface area contributed by atoms with Crippen molar-refractivity contribution in [2.45, 2.75) is 51.5 Å². The fourth-order valence-electron chi connectivity index (χ4n) is 4.14. The van der Waals surface area contributed by atoms with Crippen molar-refractivity contribution in [1.29, 1.82) is 0 Å². The Hall–Kier alpha value is -1.55. The first-order chi connectivity index (χ1) is 11.6. The van der Waals surface area contributed by atoms with Crippen LogP contribution in [0.25, 0.3) is 0 Å². The van der Waals surface area contributed by atoms with Crippen LogP contribution in [0.2, 0.25) is 0 Å². The molecule has 0 aromatic heterocycles. The van der Waals surface area contributed by atoms with Gasteiger partial charge in [-0.05, 0) is 56.5 Å². The van der Waals surface area contributed by atoms with Crippen LogP contribution < -0.4 is 10.1 Å². The number of ether oxygens (including phenoxy) is 1. The molecule has 2 fully saturated rings. The Labute approximate surface area is 145 Å². The maximum atomic E-state index is 12.7. The predicted octanol–water partition coefficient (Wildman–Crippen LogP) is 3.53. The SMILES string of the molecule is COc1cccc(C(CNC(=O)C2(C)CCCC2)N2CCCC2)c1. The van der Waals surface area contributed by atoms with Gasteiger partial charge in [-0.2, -0.15) is 0 Å². The first-order valence-electron chi connectivity index (χ1n) is 9.29. The number of rotatable bonds is 6. The van der Waals surface area contributed by atoms with Crippen molar-refractivity contribution in [2.75, 3.05) is 26.7 Å². The van der Waals surface area contributed by atoms with E-state index in [1.807, 2.05) is 12.1 Å². The van der Waals surface area contributed by atoms with E-state index in [0.29, 0.717) is 6.54 Å². The molecule has 2 aliphatic rings. The second kappa shape index (κ2) is 7.56. The second-order valence-corrected chi connectivity index (χ2v) is 7.51. The number of benzene rings is 1. The lowest BCUT2D eigenvalue weighted by Crippen LogP contribution is -2.42. The topological polar surface area (TPSA) is 41.6 Å². The molecule has 4 nitrogen and oxygen atoms in total. The van der Waals surface area contributed by atoms with Crippen molar-refractivity contribution in [3.63, 3.8) is 0 Å². The number of methoxy groups -OCH3 is 1. The quantitative estimate of drug-likeness (QED) is 0.867. The Balaban J connectivity index is 1.71. The first-order valence-corrected chi connectivity index (χ1v) is 9.29. The lowest BCUT2D eigenvalue weighted by molar-refractivity contribution is -0.130. The molecule has 1 amide bonds. The average Bonchev–Trinajstić information content (AvgIpc) is 3.28. The van der Waals surface area contributed by atoms with Gasteiger partial charge in [0.1, 0.15) is 5.75 Å². The van der Waals surface area contributed by atoms with Gasteiger partial charge in [-0.25, -0.2) is 0 Å². The summed E-state index contributed by atoms with van der Waals surface area (Å²) in [5, 5.41) is 3.26. The van der Waals surface area contributed by atoms with Crippen LogP contribution in [0.1, 0.15) is 57.1 Å². The Kier molecular flexibility index (Phi) is 5.44. The molecule has 0 bridgehead atoms. The molecule has 1 heterocycles. The Morgan fingerprint density at radius 1 is 1.25 bits per heavy atom. The Bertz CT molecular complexity index is 561. The number of nitrogens with one attached hydrogen (secondary N) is 1. The molecule has 1 N–H and O–H groups in total. The maximum Gasteiger partial charge on any atom is 0.226 e. The molecule has 1 atom stereocenters. The molecule has 1 aliphatic carbocycles. The molecular formula is C20H30N2O2. The van der Waals surface area contributed by atoms with Crippen LogP contribution in [0.5, 0.6) is 5.75 Å². The van der Waals surface area contributed by atoms with Crippen LogP contribution in [0.3, 0.4) is 0 Å². The molecule has 0 radical (unpaired) electrons. The first kappa shape index (κ1) is 17.3. The summed E-state index contributed by atoms with van der Waals surface area (Å²) in [6.07, 6.45) is 6.88. The minimum atomic E-state index is -0.163. The monoisotopic (exact) mass is 330 g/mol. The third-order valence-electron chi connectivity index (χ3n) is 5.77. The van der Waals surface area contributed by atoms with Gasteiger partial charge in [-0.1, -0.05) is 31.9 Å². The van der Waals surface area contributed by atoms with Gasteiger partial charge < -0.3 is 10.1 Å². The lowest BCUT2D eigenvalue weighted by atomic mass is 9.87. The number of hydrogen-bond acceptors (Lipinski definition) is 3. The normalized spacial score (nSPS) is 21.6. The number of hydrogen-bond donors (Lipinski definition) is 1. The minimum Gasteiger partial charge on any atom is -0.497 e. The van der Waals surface area contributed by atoms with Crippen molar-refractivity contribution in [3.8, 4) is 5.75 Å². The average molecular weight is 330 g/mol. The molecule has 1 saturated heterocycles. The van der Waals surface area contributed by atoms with Crippen LogP contribution in [-0.2, 0) is 4.79 Å². The van der Waals surface area contributed by atoms with Gasteiger partial charge in [0, 0.05) is 12.0 Å². The molecular weight excluding hydrogens is 300 g/mol. The standard InChI is InChI=1S/C20H30N2O2/c1-20(10-3-4-11-20)19(23)21-15-18(22-12-5-6-13-22)16-8-7-9-17(14-16)24-2/h7-9,14,18H,3-6,10-13,15H2,1-2H3,(H,21,23). The van der Waals surface area contributed by atoms with E-state index < -0.39 is 0 Å². The zero-order valence-corrected chi connectivity index (χ0v) is 15.0. The molecule has 4 heteroatoms. The summed E-state index contributed by atoms with van der Waals surface area (Å²) < 4.78 is 5.38. The molecule has 1 saturated carbocycles. The molecule has 132 valence electrons. The highest BCUT2D eigenvalue weighted by atomic mass is 16.5. The highest BCUT2D eigenvalue weighted by Gasteiger charge is 2.36. The predicted molar refractivity (Wildman–Crippen MR) is 96.1 cm³/mol. The Morgan fingerprint density at radius 2 is 1.96 bits per heavy atom. The number of amides is 1. The third-order valence-corrected chi connectivity index (χ3v) is 5.77. The lowest BCUT2D eigenvalue weighted by Gasteiger charge is -2.30. The van der Waals surface area contributed by atoms with E-state index in [1.165, 1.54) is 31.2 Å². The fraction of sp³-hybridized carbons (Fsp3) is 0.650. The molecule has 1 aromatic carbocycles. The van der Waals surface area contributed by atoms with Gasteiger partial charge in [0.15, 0.2) is 0 Å². The zero-order chi connectivity index (χ0) is 17.0. The molecule has 1 aromatic rings. The van der Waals surface area contributed by atoms with Crippen LogP contribution in [0.4, 0.5) is 0 Å². The summed E-state index contributed by atoms with van der Waals surface area (Å²) in [5.74, 6) is 1.11. The minimum absolute atomic E-state index is 0.163. The van der Waals surface area contributed by atoms with E-state index in [4.69, 9.17) is 4.74 Å². The van der Waals surface area contributed by atoms with Crippen molar-refractivity contribution >= 4 is 5.91 Å². The van der Waals surface area contributed by atoms with Gasteiger partial charge in [0.05, 0.1) is 13.2 Å². The van der Waals surface area contributed by atoms with E-state index >= 15 is 0 Å². The molecule has 1 unspecified atom stereocenters. The highest BCUT2D eigenvalue weighted by Crippen LogP contribution is 2.37. The molecule has 24 heavy (non-hydrogen) atoms. The van der Waals surface area contributed by atoms with Crippen molar-refractivity contribution < 1.29 is 9.53 Å². The zero-order valence-electron chi connectivity index (χ0n) is 15.0. The molecule has 3 rings (SSSR count). The molecule has 1 aliphatic heterocycles.